The van der Waals surface area contributed by atoms with Crippen LogP contribution in [-0.4, -0.2) is 44.2 Å². The van der Waals surface area contributed by atoms with Gasteiger partial charge in [-0.1, -0.05) is 18.5 Å². The Morgan fingerprint density at radius 1 is 1.48 bits per heavy atom. The fourth-order valence-electron chi connectivity index (χ4n) is 2.55. The topological polar surface area (TPSA) is 83.6 Å². The van der Waals surface area contributed by atoms with Gasteiger partial charge in [0, 0.05) is 11.3 Å². The number of aliphatic carboxylic acids is 1. The van der Waals surface area contributed by atoms with E-state index in [2.05, 4.69) is 5.16 Å². The summed E-state index contributed by atoms with van der Waals surface area (Å²) in [4.78, 5) is 25.5. The van der Waals surface area contributed by atoms with Gasteiger partial charge in [0.2, 0.25) is 5.91 Å². The van der Waals surface area contributed by atoms with Gasteiger partial charge >= 0.3 is 5.97 Å². The molecule has 1 amide bonds. The Bertz CT molecular complexity index is 524. The summed E-state index contributed by atoms with van der Waals surface area (Å²) in [5.74, 6) is -0.0343. The predicted octanol–water partition coefficient (Wildman–Crippen LogP) is 1.99. The molecule has 1 aliphatic rings. The van der Waals surface area contributed by atoms with E-state index in [0.717, 1.165) is 18.4 Å². The molecule has 1 saturated heterocycles. The highest BCUT2D eigenvalue weighted by Crippen LogP contribution is 2.33. The number of rotatable bonds is 5. The summed E-state index contributed by atoms with van der Waals surface area (Å²) in [7, 11) is 0. The molecular weight excluding hydrogens is 292 g/mol. The molecular formula is C14H20N2O4S. The van der Waals surface area contributed by atoms with Crippen molar-refractivity contribution in [2.75, 3.05) is 5.75 Å². The Morgan fingerprint density at radius 3 is 2.71 bits per heavy atom. The molecule has 116 valence electrons. The van der Waals surface area contributed by atoms with Crippen LogP contribution in [0.4, 0.5) is 0 Å². The highest BCUT2D eigenvalue weighted by Gasteiger charge is 2.41. The maximum Gasteiger partial charge on any atom is 0.327 e. The van der Waals surface area contributed by atoms with Crippen molar-refractivity contribution in [1.29, 1.82) is 0 Å². The van der Waals surface area contributed by atoms with Crippen LogP contribution in [0.5, 0.6) is 0 Å². The zero-order chi connectivity index (χ0) is 15.6. The van der Waals surface area contributed by atoms with E-state index in [0.29, 0.717) is 17.2 Å². The van der Waals surface area contributed by atoms with E-state index in [1.54, 1.807) is 25.6 Å². The van der Waals surface area contributed by atoms with E-state index in [-0.39, 0.29) is 17.7 Å². The quantitative estimate of drug-likeness (QED) is 0.895. The molecule has 2 heterocycles. The van der Waals surface area contributed by atoms with Gasteiger partial charge in [-0.3, -0.25) is 4.79 Å². The first-order valence-corrected chi connectivity index (χ1v) is 8.07. The molecule has 7 heteroatoms. The zero-order valence-corrected chi connectivity index (χ0v) is 13.3. The molecule has 2 atom stereocenters. The van der Waals surface area contributed by atoms with Gasteiger partial charge in [0.15, 0.2) is 0 Å². The van der Waals surface area contributed by atoms with Crippen LogP contribution in [-0.2, 0) is 16.0 Å². The molecule has 0 aromatic carbocycles. The van der Waals surface area contributed by atoms with E-state index in [1.165, 1.54) is 4.90 Å². The second-order valence-electron chi connectivity index (χ2n) is 5.21. The maximum atomic E-state index is 12.6. The zero-order valence-electron chi connectivity index (χ0n) is 12.5. The minimum Gasteiger partial charge on any atom is -0.480 e. The molecule has 0 spiro atoms. The fraction of sp³-hybridized carbons (Fsp3) is 0.643. The van der Waals surface area contributed by atoms with Crippen LogP contribution in [0, 0.1) is 13.8 Å². The molecule has 1 fully saturated rings. The van der Waals surface area contributed by atoms with Crippen molar-refractivity contribution in [1.82, 2.24) is 10.1 Å². The minimum absolute atomic E-state index is 0.0518. The van der Waals surface area contributed by atoms with Crippen LogP contribution in [0.2, 0.25) is 0 Å². The summed E-state index contributed by atoms with van der Waals surface area (Å²) >= 11 is 1.55. The first-order valence-electron chi connectivity index (χ1n) is 7.03. The molecule has 21 heavy (non-hydrogen) atoms. The van der Waals surface area contributed by atoms with Crippen molar-refractivity contribution in [3.8, 4) is 0 Å². The molecule has 0 saturated carbocycles. The normalized spacial score (nSPS) is 21.8. The van der Waals surface area contributed by atoms with Gasteiger partial charge in [0.25, 0.3) is 0 Å². The third-order valence-corrected chi connectivity index (χ3v) is 5.07. The van der Waals surface area contributed by atoms with Crippen molar-refractivity contribution < 1.29 is 19.2 Å². The number of nitrogens with zero attached hydrogens (tertiary/aromatic N) is 2. The van der Waals surface area contributed by atoms with Crippen molar-refractivity contribution in [3.05, 3.63) is 17.0 Å². The van der Waals surface area contributed by atoms with E-state index < -0.39 is 12.0 Å². The molecule has 1 aromatic heterocycles. The van der Waals surface area contributed by atoms with Gasteiger partial charge in [-0.2, -0.15) is 0 Å². The molecule has 0 bridgehead atoms. The molecule has 1 aliphatic heterocycles. The summed E-state index contributed by atoms with van der Waals surface area (Å²) in [5, 5.41) is 13.1. The molecule has 2 rings (SSSR count). The van der Waals surface area contributed by atoms with Crippen molar-refractivity contribution in [2.45, 2.75) is 51.4 Å². The lowest BCUT2D eigenvalue weighted by Gasteiger charge is -2.27. The third kappa shape index (κ3) is 3.23. The largest absolute Gasteiger partial charge is 0.480 e. The van der Waals surface area contributed by atoms with Gasteiger partial charge in [-0.15, -0.1) is 11.8 Å². The number of aromatic nitrogens is 1. The SMILES string of the molecule is CCCC1SCC(C(=O)O)N1C(=O)Cc1c(C)noc1C. The van der Waals surface area contributed by atoms with Gasteiger partial charge in [-0.25, -0.2) is 4.79 Å². The highest BCUT2D eigenvalue weighted by molar-refractivity contribution is 8.00. The van der Waals surface area contributed by atoms with E-state index >= 15 is 0 Å². The summed E-state index contributed by atoms with van der Waals surface area (Å²) in [6.45, 7) is 5.58. The van der Waals surface area contributed by atoms with Gasteiger partial charge in [0.1, 0.15) is 11.8 Å². The standard InChI is InChI=1S/C14H20N2O4S/c1-4-5-13-16(11(7-21-13)14(18)19)12(17)6-10-8(2)15-20-9(10)3/h11,13H,4-7H2,1-3H3,(H,18,19). The summed E-state index contributed by atoms with van der Waals surface area (Å²) < 4.78 is 5.07. The number of carbonyl (C=O) groups excluding carboxylic acids is 1. The number of carbonyl (C=O) groups is 2. The molecule has 0 radical (unpaired) electrons. The smallest absolute Gasteiger partial charge is 0.327 e. The van der Waals surface area contributed by atoms with Crippen LogP contribution in [0.1, 0.15) is 36.8 Å². The Morgan fingerprint density at radius 2 is 2.19 bits per heavy atom. The fourth-order valence-corrected chi connectivity index (χ4v) is 4.09. The minimum atomic E-state index is -0.937. The Labute approximate surface area is 127 Å². The Kier molecular flexibility index (Phi) is 4.92. The number of hydrogen-bond donors (Lipinski definition) is 1. The third-order valence-electron chi connectivity index (χ3n) is 3.71. The second kappa shape index (κ2) is 6.51. The maximum absolute atomic E-state index is 12.6. The summed E-state index contributed by atoms with van der Waals surface area (Å²) in [6.07, 6.45) is 1.87. The Balaban J connectivity index is 2.19. The van der Waals surface area contributed by atoms with Gasteiger partial charge in [-0.05, 0) is 20.3 Å². The van der Waals surface area contributed by atoms with Crippen molar-refractivity contribution >= 4 is 23.6 Å². The van der Waals surface area contributed by atoms with Crippen LogP contribution in [0.15, 0.2) is 4.52 Å². The van der Waals surface area contributed by atoms with Gasteiger partial charge in [0.05, 0.1) is 17.5 Å². The van der Waals surface area contributed by atoms with Crippen LogP contribution < -0.4 is 0 Å². The number of thioether (sulfide) groups is 1. The lowest BCUT2D eigenvalue weighted by molar-refractivity contribution is -0.148. The second-order valence-corrected chi connectivity index (χ2v) is 6.42. The number of carboxylic acids is 1. The molecule has 2 unspecified atom stereocenters. The van der Waals surface area contributed by atoms with E-state index in [4.69, 9.17) is 4.52 Å². The summed E-state index contributed by atoms with van der Waals surface area (Å²) in [6, 6.07) is -0.737. The highest BCUT2D eigenvalue weighted by atomic mass is 32.2. The number of amides is 1. The lowest BCUT2D eigenvalue weighted by atomic mass is 10.1. The number of aryl methyl sites for hydroxylation is 2. The average Bonchev–Trinajstić information content (AvgIpc) is 2.97. The molecule has 1 N–H and O–H groups in total. The lowest BCUT2D eigenvalue weighted by Crippen LogP contribution is -2.46. The first-order chi connectivity index (χ1) is 9.95. The van der Waals surface area contributed by atoms with Crippen molar-refractivity contribution in [2.24, 2.45) is 0 Å². The Hall–Kier alpha value is -1.50. The monoisotopic (exact) mass is 312 g/mol. The van der Waals surface area contributed by atoms with Crippen LogP contribution >= 0.6 is 11.8 Å². The van der Waals surface area contributed by atoms with E-state index in [9.17, 15) is 14.7 Å². The van der Waals surface area contributed by atoms with Crippen molar-refractivity contribution in [3.63, 3.8) is 0 Å². The predicted molar refractivity (Wildman–Crippen MR) is 79.1 cm³/mol. The number of hydrogen-bond acceptors (Lipinski definition) is 5. The molecule has 6 nitrogen and oxygen atoms in total. The van der Waals surface area contributed by atoms with Crippen LogP contribution in [0.3, 0.4) is 0 Å². The first kappa shape index (κ1) is 15.9. The molecule has 1 aromatic rings. The number of carboxylic acid groups (broad SMARTS) is 1. The molecule has 0 aliphatic carbocycles. The summed E-state index contributed by atoms with van der Waals surface area (Å²) in [5.41, 5.74) is 1.45. The van der Waals surface area contributed by atoms with Gasteiger partial charge < -0.3 is 14.5 Å². The average molecular weight is 312 g/mol. The van der Waals surface area contributed by atoms with E-state index in [1.807, 2.05) is 6.92 Å². The van der Waals surface area contributed by atoms with Crippen LogP contribution in [0.25, 0.3) is 0 Å².